The molecule has 1 N–H and O–H groups in total. The van der Waals surface area contributed by atoms with Crippen LogP contribution in [0.3, 0.4) is 0 Å². The summed E-state index contributed by atoms with van der Waals surface area (Å²) in [7, 11) is 4.72. The zero-order valence-electron chi connectivity index (χ0n) is 12.2. The molecule has 0 aromatic heterocycles. The van der Waals surface area contributed by atoms with Crippen LogP contribution in [-0.2, 0) is 6.42 Å². The molecule has 1 aliphatic carbocycles. The molecular formula is C16H20O4. The van der Waals surface area contributed by atoms with Crippen molar-refractivity contribution in [2.24, 2.45) is 0 Å². The summed E-state index contributed by atoms with van der Waals surface area (Å²) in [5, 5.41) is 10.5. The number of aliphatic hydroxyl groups is 1. The van der Waals surface area contributed by atoms with E-state index in [1.165, 1.54) is 0 Å². The van der Waals surface area contributed by atoms with E-state index < -0.39 is 6.10 Å². The van der Waals surface area contributed by atoms with Gasteiger partial charge in [0.1, 0.15) is 0 Å². The molecule has 0 spiro atoms. The van der Waals surface area contributed by atoms with Crippen LogP contribution in [0.15, 0.2) is 6.07 Å². The van der Waals surface area contributed by atoms with Crippen molar-refractivity contribution in [1.29, 1.82) is 0 Å². The molecule has 0 heterocycles. The molecule has 1 aromatic rings. The third kappa shape index (κ3) is 2.68. The summed E-state index contributed by atoms with van der Waals surface area (Å²) in [6, 6.07) is 1.87. The number of methoxy groups -OCH3 is 3. The Morgan fingerprint density at radius 2 is 1.85 bits per heavy atom. The van der Waals surface area contributed by atoms with Crippen LogP contribution in [0.5, 0.6) is 17.2 Å². The van der Waals surface area contributed by atoms with Crippen LogP contribution in [0.1, 0.15) is 36.5 Å². The molecule has 0 fully saturated rings. The van der Waals surface area contributed by atoms with Crippen molar-refractivity contribution >= 4 is 0 Å². The minimum absolute atomic E-state index is 0.514. The summed E-state index contributed by atoms with van der Waals surface area (Å²) in [6.45, 7) is 0. The first-order chi connectivity index (χ1) is 9.72. The third-order valence-corrected chi connectivity index (χ3v) is 3.47. The Labute approximate surface area is 119 Å². The van der Waals surface area contributed by atoms with Gasteiger partial charge >= 0.3 is 0 Å². The van der Waals surface area contributed by atoms with E-state index in [-0.39, 0.29) is 0 Å². The fraction of sp³-hybridized carbons (Fsp3) is 0.500. The highest BCUT2D eigenvalue weighted by Crippen LogP contribution is 2.45. The lowest BCUT2D eigenvalue weighted by atomic mass is 9.95. The topological polar surface area (TPSA) is 47.9 Å². The van der Waals surface area contributed by atoms with Gasteiger partial charge in [0, 0.05) is 18.4 Å². The summed E-state index contributed by atoms with van der Waals surface area (Å²) in [6.07, 6.45) is 2.32. The SMILES string of the molecule is COc1cc2c(c(OC)c1OC)[C@H](O)CCCC#CC2. The maximum Gasteiger partial charge on any atom is 0.203 e. The molecular weight excluding hydrogens is 256 g/mol. The highest BCUT2D eigenvalue weighted by atomic mass is 16.5. The lowest BCUT2D eigenvalue weighted by Gasteiger charge is -2.21. The van der Waals surface area contributed by atoms with E-state index in [9.17, 15) is 5.11 Å². The molecule has 1 atom stereocenters. The van der Waals surface area contributed by atoms with Crippen molar-refractivity contribution in [1.82, 2.24) is 0 Å². The number of fused-ring (bicyclic) bond motifs is 1. The second-order valence-electron chi connectivity index (χ2n) is 4.66. The minimum atomic E-state index is -0.582. The smallest absolute Gasteiger partial charge is 0.203 e. The summed E-state index contributed by atoms with van der Waals surface area (Å²) < 4.78 is 16.2. The average molecular weight is 276 g/mol. The normalized spacial score (nSPS) is 17.7. The molecule has 1 aromatic carbocycles. The van der Waals surface area contributed by atoms with Gasteiger partial charge in [-0.05, 0) is 24.5 Å². The van der Waals surface area contributed by atoms with Gasteiger partial charge in [-0.2, -0.15) is 0 Å². The van der Waals surface area contributed by atoms with Gasteiger partial charge in [0.05, 0.1) is 27.4 Å². The molecule has 0 aliphatic heterocycles. The molecule has 2 rings (SSSR count). The Balaban J connectivity index is 2.65. The first-order valence-electron chi connectivity index (χ1n) is 6.68. The average Bonchev–Trinajstić information content (AvgIpc) is 2.56. The predicted octanol–water partition coefficient (Wildman–Crippen LogP) is 2.48. The molecule has 4 heteroatoms. The fourth-order valence-corrected chi connectivity index (χ4v) is 2.51. The standard InChI is InChI=1S/C16H20O4/c1-18-13-10-11-8-6-4-5-7-9-12(17)14(11)16(20-3)15(13)19-2/h10,12,17H,5,7-9H2,1-3H3/t12-/m1/s1. The van der Waals surface area contributed by atoms with Crippen LogP contribution in [0, 0.1) is 11.8 Å². The first kappa shape index (κ1) is 14.5. The van der Waals surface area contributed by atoms with Gasteiger partial charge in [-0.3, -0.25) is 0 Å². The van der Waals surface area contributed by atoms with Crippen molar-refractivity contribution in [3.8, 4) is 29.1 Å². The maximum atomic E-state index is 10.5. The lowest BCUT2D eigenvalue weighted by molar-refractivity contribution is 0.159. The highest BCUT2D eigenvalue weighted by molar-refractivity contribution is 5.60. The van der Waals surface area contributed by atoms with Crippen LogP contribution >= 0.6 is 0 Å². The summed E-state index contributed by atoms with van der Waals surface area (Å²) in [5.74, 6) is 7.90. The second-order valence-corrected chi connectivity index (χ2v) is 4.66. The lowest BCUT2D eigenvalue weighted by Crippen LogP contribution is -2.07. The highest BCUT2D eigenvalue weighted by Gasteiger charge is 2.25. The van der Waals surface area contributed by atoms with Gasteiger partial charge in [0.15, 0.2) is 11.5 Å². The Bertz CT molecular complexity index is 540. The number of rotatable bonds is 3. The van der Waals surface area contributed by atoms with Crippen molar-refractivity contribution in [2.45, 2.75) is 31.8 Å². The summed E-state index contributed by atoms with van der Waals surface area (Å²) >= 11 is 0. The quantitative estimate of drug-likeness (QED) is 0.862. The Morgan fingerprint density at radius 1 is 1.10 bits per heavy atom. The zero-order valence-corrected chi connectivity index (χ0v) is 12.2. The minimum Gasteiger partial charge on any atom is -0.493 e. The monoisotopic (exact) mass is 276 g/mol. The molecule has 4 nitrogen and oxygen atoms in total. The number of benzene rings is 1. The molecule has 108 valence electrons. The van der Waals surface area contributed by atoms with Crippen LogP contribution < -0.4 is 14.2 Å². The summed E-state index contributed by atoms with van der Waals surface area (Å²) in [4.78, 5) is 0. The van der Waals surface area contributed by atoms with E-state index in [1.807, 2.05) is 6.07 Å². The molecule has 1 aliphatic rings. The number of hydrogen-bond acceptors (Lipinski definition) is 4. The molecule has 0 radical (unpaired) electrons. The maximum absolute atomic E-state index is 10.5. The molecule has 0 bridgehead atoms. The van der Waals surface area contributed by atoms with Gasteiger partial charge < -0.3 is 19.3 Å². The van der Waals surface area contributed by atoms with Gasteiger partial charge in [-0.1, -0.05) is 5.92 Å². The molecule has 0 saturated carbocycles. The summed E-state index contributed by atoms with van der Waals surface area (Å²) in [5.41, 5.74) is 1.70. The molecule has 20 heavy (non-hydrogen) atoms. The van der Waals surface area contributed by atoms with Gasteiger partial charge in [-0.25, -0.2) is 0 Å². The first-order valence-corrected chi connectivity index (χ1v) is 6.68. The van der Waals surface area contributed by atoms with E-state index in [4.69, 9.17) is 14.2 Å². The number of aliphatic hydroxyl groups excluding tert-OH is 1. The predicted molar refractivity (Wildman–Crippen MR) is 76.4 cm³/mol. The number of ether oxygens (including phenoxy) is 3. The second kappa shape index (κ2) is 6.53. The number of hydrogen-bond donors (Lipinski definition) is 1. The Kier molecular flexibility index (Phi) is 4.75. The third-order valence-electron chi connectivity index (χ3n) is 3.47. The van der Waals surface area contributed by atoms with Crippen LogP contribution in [0.4, 0.5) is 0 Å². The van der Waals surface area contributed by atoms with E-state index in [1.54, 1.807) is 21.3 Å². The van der Waals surface area contributed by atoms with Crippen LogP contribution in [0.25, 0.3) is 0 Å². The van der Waals surface area contributed by atoms with Gasteiger partial charge in [0.25, 0.3) is 0 Å². The van der Waals surface area contributed by atoms with Crippen LogP contribution in [-0.4, -0.2) is 26.4 Å². The zero-order chi connectivity index (χ0) is 14.5. The Hall–Kier alpha value is -1.86. The molecule has 0 unspecified atom stereocenters. The van der Waals surface area contributed by atoms with Crippen molar-refractivity contribution in [3.05, 3.63) is 17.2 Å². The molecule has 0 saturated heterocycles. The fourth-order valence-electron chi connectivity index (χ4n) is 2.51. The van der Waals surface area contributed by atoms with Crippen molar-refractivity contribution < 1.29 is 19.3 Å². The van der Waals surface area contributed by atoms with E-state index in [0.717, 1.165) is 24.0 Å². The van der Waals surface area contributed by atoms with Crippen molar-refractivity contribution in [2.75, 3.05) is 21.3 Å². The van der Waals surface area contributed by atoms with Gasteiger partial charge in [-0.15, -0.1) is 5.92 Å². The Morgan fingerprint density at radius 3 is 2.50 bits per heavy atom. The van der Waals surface area contributed by atoms with Gasteiger partial charge in [0.2, 0.25) is 5.75 Å². The van der Waals surface area contributed by atoms with E-state index in [2.05, 4.69) is 11.8 Å². The molecule has 0 amide bonds. The largest absolute Gasteiger partial charge is 0.493 e. The van der Waals surface area contributed by atoms with Crippen molar-refractivity contribution in [3.63, 3.8) is 0 Å². The van der Waals surface area contributed by atoms with Crippen LogP contribution in [0.2, 0.25) is 0 Å². The van der Waals surface area contributed by atoms with E-state index >= 15 is 0 Å². The van der Waals surface area contributed by atoms with E-state index in [0.29, 0.717) is 30.1 Å².